The van der Waals surface area contributed by atoms with Gasteiger partial charge >= 0.3 is 0 Å². The van der Waals surface area contributed by atoms with Crippen LogP contribution in [0.1, 0.15) is 4.88 Å². The van der Waals surface area contributed by atoms with E-state index in [-0.39, 0.29) is 12.3 Å². The minimum Gasteiger partial charge on any atom is -0.486 e. The van der Waals surface area contributed by atoms with Crippen molar-refractivity contribution in [2.75, 3.05) is 5.43 Å². The maximum absolute atomic E-state index is 10.7. The Labute approximate surface area is 134 Å². The fourth-order valence-corrected chi connectivity index (χ4v) is 3.40. The molecule has 0 aliphatic rings. The molecule has 0 saturated heterocycles. The lowest BCUT2D eigenvalue weighted by Gasteiger charge is -2.09. The molecule has 0 radical (unpaired) electrons. The van der Waals surface area contributed by atoms with Gasteiger partial charge in [0.25, 0.3) is 5.69 Å². The smallest absolute Gasteiger partial charge is 0.271 e. The molecular formula is C10H8Br2N4O3S. The Hall–Kier alpha value is -1.23. The van der Waals surface area contributed by atoms with Gasteiger partial charge in [-0.2, -0.15) is 0 Å². The first-order valence-electron chi connectivity index (χ1n) is 5.19. The number of hydrogen-bond donors (Lipinski definition) is 2. The summed E-state index contributed by atoms with van der Waals surface area (Å²) in [4.78, 5) is 15.1. The van der Waals surface area contributed by atoms with E-state index in [9.17, 15) is 10.1 Å². The number of non-ortho nitro benzene ring substituents is 1. The molecule has 2 aromatic rings. The van der Waals surface area contributed by atoms with Crippen molar-refractivity contribution in [2.24, 2.45) is 5.84 Å². The number of anilines is 1. The molecule has 0 bridgehead atoms. The number of halogens is 2. The lowest BCUT2D eigenvalue weighted by atomic mass is 10.3. The molecule has 0 unspecified atom stereocenters. The van der Waals surface area contributed by atoms with Gasteiger partial charge in [-0.05, 0) is 31.9 Å². The predicted molar refractivity (Wildman–Crippen MR) is 82.8 cm³/mol. The minimum atomic E-state index is -0.471. The molecule has 3 N–H and O–H groups in total. The Morgan fingerprint density at radius 1 is 1.45 bits per heavy atom. The third-order valence-electron chi connectivity index (χ3n) is 2.23. The van der Waals surface area contributed by atoms with Gasteiger partial charge in [0.1, 0.15) is 12.4 Å². The number of benzene rings is 1. The van der Waals surface area contributed by atoms with Gasteiger partial charge in [-0.3, -0.25) is 15.5 Å². The molecule has 10 heteroatoms. The first-order valence-corrected chi connectivity index (χ1v) is 7.59. The third kappa shape index (κ3) is 3.45. The van der Waals surface area contributed by atoms with Crippen LogP contribution in [0, 0.1) is 10.1 Å². The average Bonchev–Trinajstić information content (AvgIpc) is 2.85. The molecule has 1 aromatic carbocycles. The van der Waals surface area contributed by atoms with E-state index < -0.39 is 4.92 Å². The highest BCUT2D eigenvalue weighted by molar-refractivity contribution is 9.11. The van der Waals surface area contributed by atoms with Crippen molar-refractivity contribution in [3.05, 3.63) is 42.3 Å². The molecule has 0 amide bonds. The SMILES string of the molecule is NNc1ncc(COc2c(Br)cc([N+](=O)[O-])cc2Br)s1. The Morgan fingerprint density at radius 3 is 2.60 bits per heavy atom. The number of thiazole rings is 1. The molecule has 0 aliphatic heterocycles. The zero-order valence-electron chi connectivity index (χ0n) is 9.80. The molecule has 1 heterocycles. The molecule has 0 saturated carbocycles. The monoisotopic (exact) mass is 422 g/mol. The van der Waals surface area contributed by atoms with Crippen molar-refractivity contribution < 1.29 is 9.66 Å². The summed E-state index contributed by atoms with van der Waals surface area (Å²) >= 11 is 7.87. The highest BCUT2D eigenvalue weighted by atomic mass is 79.9. The summed E-state index contributed by atoms with van der Waals surface area (Å²) in [6.07, 6.45) is 1.65. The number of hydrogen-bond acceptors (Lipinski definition) is 7. The Kier molecular flexibility index (Phi) is 4.91. The summed E-state index contributed by atoms with van der Waals surface area (Å²) in [5.74, 6) is 5.73. The quantitative estimate of drug-likeness (QED) is 0.433. The number of hydrazine groups is 1. The second kappa shape index (κ2) is 6.48. The highest BCUT2D eigenvalue weighted by Gasteiger charge is 2.15. The molecule has 20 heavy (non-hydrogen) atoms. The van der Waals surface area contributed by atoms with E-state index in [1.54, 1.807) is 6.20 Å². The number of nitrogens with one attached hydrogen (secondary N) is 1. The van der Waals surface area contributed by atoms with Gasteiger partial charge in [0.05, 0.1) is 18.7 Å². The fourth-order valence-electron chi connectivity index (χ4n) is 1.37. The fraction of sp³-hybridized carbons (Fsp3) is 0.100. The van der Waals surface area contributed by atoms with Crippen molar-refractivity contribution in [3.8, 4) is 5.75 Å². The van der Waals surface area contributed by atoms with Gasteiger partial charge < -0.3 is 4.74 Å². The van der Waals surface area contributed by atoms with Gasteiger partial charge in [0.2, 0.25) is 0 Å². The van der Waals surface area contributed by atoms with Crippen LogP contribution >= 0.6 is 43.2 Å². The van der Waals surface area contributed by atoms with E-state index in [1.165, 1.54) is 23.5 Å². The van der Waals surface area contributed by atoms with Crippen LogP contribution in [0.3, 0.4) is 0 Å². The average molecular weight is 424 g/mol. The van der Waals surface area contributed by atoms with Gasteiger partial charge in [-0.15, -0.1) is 0 Å². The minimum absolute atomic E-state index is 0.0245. The largest absolute Gasteiger partial charge is 0.486 e. The molecule has 2 rings (SSSR count). The van der Waals surface area contributed by atoms with Crippen molar-refractivity contribution >= 4 is 54.0 Å². The van der Waals surface area contributed by atoms with Crippen LogP contribution in [0.25, 0.3) is 0 Å². The zero-order valence-corrected chi connectivity index (χ0v) is 13.8. The highest BCUT2D eigenvalue weighted by Crippen LogP contribution is 2.37. The standard InChI is InChI=1S/C10H8Br2N4O3S/c11-7-1-5(16(17)18)2-8(12)9(7)19-4-6-3-14-10(15-13)20-6/h1-3H,4,13H2,(H,14,15). The molecule has 106 valence electrons. The first-order chi connectivity index (χ1) is 9.51. The summed E-state index contributed by atoms with van der Waals surface area (Å²) in [5, 5.41) is 11.3. The normalized spacial score (nSPS) is 10.3. The van der Waals surface area contributed by atoms with Crippen LogP contribution in [-0.4, -0.2) is 9.91 Å². The molecule has 0 aliphatic carbocycles. The van der Waals surface area contributed by atoms with Crippen LogP contribution in [0.4, 0.5) is 10.8 Å². The van der Waals surface area contributed by atoms with Crippen LogP contribution in [0.5, 0.6) is 5.75 Å². The van der Waals surface area contributed by atoms with E-state index >= 15 is 0 Å². The second-order valence-electron chi connectivity index (χ2n) is 3.56. The van der Waals surface area contributed by atoms with Crippen molar-refractivity contribution in [2.45, 2.75) is 6.61 Å². The Bertz CT molecular complexity index is 626. The number of nitrogens with zero attached hydrogens (tertiary/aromatic N) is 2. The summed E-state index contributed by atoms with van der Waals surface area (Å²) in [7, 11) is 0. The summed E-state index contributed by atoms with van der Waals surface area (Å²) in [6.45, 7) is 0.286. The second-order valence-corrected chi connectivity index (χ2v) is 6.38. The maximum Gasteiger partial charge on any atom is 0.271 e. The van der Waals surface area contributed by atoms with E-state index in [4.69, 9.17) is 10.6 Å². The molecule has 0 spiro atoms. The number of nitrogens with two attached hydrogens (primary N) is 1. The Balaban J connectivity index is 2.15. The number of aromatic nitrogens is 1. The number of ether oxygens (including phenoxy) is 1. The maximum atomic E-state index is 10.7. The van der Waals surface area contributed by atoms with E-state index in [2.05, 4.69) is 42.3 Å². The predicted octanol–water partition coefficient (Wildman–Crippen LogP) is 3.44. The number of rotatable bonds is 5. The van der Waals surface area contributed by atoms with E-state index in [0.29, 0.717) is 19.8 Å². The van der Waals surface area contributed by atoms with Crippen LogP contribution in [0.2, 0.25) is 0 Å². The summed E-state index contributed by atoms with van der Waals surface area (Å²) < 4.78 is 6.63. The summed E-state index contributed by atoms with van der Waals surface area (Å²) in [6, 6.07) is 2.78. The molecular weight excluding hydrogens is 416 g/mol. The van der Waals surface area contributed by atoms with Gasteiger partial charge in [0.15, 0.2) is 5.13 Å². The van der Waals surface area contributed by atoms with Crippen molar-refractivity contribution in [3.63, 3.8) is 0 Å². The molecule has 7 nitrogen and oxygen atoms in total. The number of nitro benzene ring substituents is 1. The van der Waals surface area contributed by atoms with Crippen LogP contribution in [0.15, 0.2) is 27.3 Å². The topological polar surface area (TPSA) is 103 Å². The lowest BCUT2D eigenvalue weighted by Crippen LogP contribution is -2.05. The molecule has 0 fully saturated rings. The van der Waals surface area contributed by atoms with Gasteiger partial charge in [-0.25, -0.2) is 10.8 Å². The molecule has 0 atom stereocenters. The van der Waals surface area contributed by atoms with Crippen LogP contribution in [-0.2, 0) is 6.61 Å². The third-order valence-corrected chi connectivity index (χ3v) is 4.31. The number of nitro groups is 1. The molecule has 1 aromatic heterocycles. The lowest BCUT2D eigenvalue weighted by molar-refractivity contribution is -0.385. The summed E-state index contributed by atoms with van der Waals surface area (Å²) in [5.41, 5.74) is 2.42. The van der Waals surface area contributed by atoms with Crippen LogP contribution < -0.4 is 16.0 Å². The van der Waals surface area contributed by atoms with Crippen molar-refractivity contribution in [1.29, 1.82) is 0 Å². The van der Waals surface area contributed by atoms with E-state index in [1.807, 2.05) is 0 Å². The van der Waals surface area contributed by atoms with Crippen molar-refractivity contribution in [1.82, 2.24) is 4.98 Å². The number of nitrogen functional groups attached to an aromatic ring is 1. The zero-order chi connectivity index (χ0) is 14.7. The van der Waals surface area contributed by atoms with Gasteiger partial charge in [-0.1, -0.05) is 11.3 Å². The first kappa shape index (κ1) is 15.2. The van der Waals surface area contributed by atoms with E-state index in [0.717, 1.165) is 4.88 Å². The Morgan fingerprint density at radius 2 is 2.10 bits per heavy atom. The van der Waals surface area contributed by atoms with Gasteiger partial charge in [0, 0.05) is 18.3 Å².